The Kier molecular flexibility index (Phi) is 4.71. The van der Waals surface area contributed by atoms with Crippen LogP contribution < -0.4 is 4.74 Å². The second-order valence-corrected chi connectivity index (χ2v) is 3.92. The number of aliphatic carboxylic acids is 2. The molecule has 1 unspecified atom stereocenters. The topological polar surface area (TPSA) is 83.8 Å². The van der Waals surface area contributed by atoms with Crippen molar-refractivity contribution in [2.75, 3.05) is 7.11 Å². The van der Waals surface area contributed by atoms with Crippen LogP contribution in [0.25, 0.3) is 0 Å². The van der Waals surface area contributed by atoms with E-state index >= 15 is 0 Å². The van der Waals surface area contributed by atoms with E-state index in [9.17, 15) is 9.59 Å². The first-order valence-electron chi connectivity index (χ1n) is 5.61. The van der Waals surface area contributed by atoms with Crippen molar-refractivity contribution in [3.05, 3.63) is 29.3 Å². The fourth-order valence-corrected chi connectivity index (χ4v) is 1.78. The van der Waals surface area contributed by atoms with Crippen LogP contribution in [0.15, 0.2) is 18.2 Å². The molecular formula is C13H16O5. The summed E-state index contributed by atoms with van der Waals surface area (Å²) in [4.78, 5) is 21.9. The van der Waals surface area contributed by atoms with Gasteiger partial charge in [0.25, 0.3) is 0 Å². The second-order valence-electron chi connectivity index (χ2n) is 3.92. The predicted molar refractivity (Wildman–Crippen MR) is 65.0 cm³/mol. The average molecular weight is 252 g/mol. The number of benzene rings is 1. The molecule has 0 spiro atoms. The molecule has 0 radical (unpaired) electrons. The monoisotopic (exact) mass is 252 g/mol. The maximum atomic E-state index is 11.2. The van der Waals surface area contributed by atoms with Crippen LogP contribution in [-0.4, -0.2) is 29.3 Å². The largest absolute Gasteiger partial charge is 0.496 e. The van der Waals surface area contributed by atoms with Gasteiger partial charge in [-0.15, -0.1) is 0 Å². The molecule has 0 fully saturated rings. The first-order valence-corrected chi connectivity index (χ1v) is 5.61. The van der Waals surface area contributed by atoms with E-state index in [1.165, 1.54) is 7.11 Å². The smallest absolute Gasteiger partial charge is 0.311 e. The quantitative estimate of drug-likeness (QED) is 0.807. The Balaban J connectivity index is 3.23. The molecule has 1 aromatic rings. The molecule has 0 aliphatic rings. The van der Waals surface area contributed by atoms with E-state index in [1.54, 1.807) is 12.1 Å². The third-order valence-electron chi connectivity index (χ3n) is 2.75. The normalized spacial score (nSPS) is 11.9. The van der Waals surface area contributed by atoms with E-state index in [4.69, 9.17) is 14.9 Å². The highest BCUT2D eigenvalue weighted by Gasteiger charge is 2.26. The number of methoxy groups -OCH3 is 1. The number of rotatable bonds is 6. The lowest BCUT2D eigenvalue weighted by Crippen LogP contribution is -2.17. The summed E-state index contributed by atoms with van der Waals surface area (Å²) in [5.41, 5.74) is 1.36. The summed E-state index contributed by atoms with van der Waals surface area (Å²) >= 11 is 0. The zero-order valence-corrected chi connectivity index (χ0v) is 10.3. The van der Waals surface area contributed by atoms with Crippen molar-refractivity contribution in [1.29, 1.82) is 0 Å². The summed E-state index contributed by atoms with van der Waals surface area (Å²) in [6.45, 7) is 1.94. The molecule has 0 saturated heterocycles. The maximum Gasteiger partial charge on any atom is 0.311 e. The molecule has 2 N–H and O–H groups in total. The Hall–Kier alpha value is -2.04. The zero-order valence-electron chi connectivity index (χ0n) is 10.3. The zero-order chi connectivity index (χ0) is 13.7. The molecule has 5 heteroatoms. The fraction of sp³-hybridized carbons (Fsp3) is 0.385. The number of hydrogen-bond donors (Lipinski definition) is 2. The molecule has 0 saturated carbocycles. The summed E-state index contributed by atoms with van der Waals surface area (Å²) in [5, 5.41) is 17.9. The van der Waals surface area contributed by atoms with Gasteiger partial charge < -0.3 is 14.9 Å². The lowest BCUT2D eigenvalue weighted by atomic mass is 9.93. The summed E-state index contributed by atoms with van der Waals surface area (Å²) < 4.78 is 5.10. The molecule has 1 atom stereocenters. The second kappa shape index (κ2) is 6.05. The predicted octanol–water partition coefficient (Wildman–Crippen LogP) is 1.90. The first kappa shape index (κ1) is 14.0. The Bertz CT molecular complexity index is 453. The van der Waals surface area contributed by atoms with Crippen molar-refractivity contribution in [1.82, 2.24) is 0 Å². The van der Waals surface area contributed by atoms with Gasteiger partial charge in [-0.05, 0) is 18.1 Å². The Morgan fingerprint density at radius 2 is 2.00 bits per heavy atom. The number of aryl methyl sites for hydroxylation is 1. The van der Waals surface area contributed by atoms with Crippen LogP contribution in [0, 0.1) is 0 Å². The van der Waals surface area contributed by atoms with E-state index in [0.29, 0.717) is 11.3 Å². The molecule has 18 heavy (non-hydrogen) atoms. The minimum atomic E-state index is -1.16. The van der Waals surface area contributed by atoms with Gasteiger partial charge in [0.15, 0.2) is 0 Å². The fourth-order valence-electron chi connectivity index (χ4n) is 1.78. The van der Waals surface area contributed by atoms with Gasteiger partial charge in [0.1, 0.15) is 5.75 Å². The average Bonchev–Trinajstić information content (AvgIpc) is 2.34. The van der Waals surface area contributed by atoms with Crippen molar-refractivity contribution < 1.29 is 24.5 Å². The van der Waals surface area contributed by atoms with E-state index in [2.05, 4.69) is 0 Å². The summed E-state index contributed by atoms with van der Waals surface area (Å²) in [5.74, 6) is -3.00. The van der Waals surface area contributed by atoms with Crippen LogP contribution >= 0.6 is 0 Å². The number of carboxylic acid groups (broad SMARTS) is 2. The Morgan fingerprint density at radius 3 is 2.44 bits per heavy atom. The van der Waals surface area contributed by atoms with Crippen LogP contribution in [0.5, 0.6) is 5.75 Å². The number of carbonyl (C=O) groups is 2. The van der Waals surface area contributed by atoms with Gasteiger partial charge in [-0.3, -0.25) is 9.59 Å². The Morgan fingerprint density at radius 1 is 1.33 bits per heavy atom. The molecule has 1 rings (SSSR count). The highest BCUT2D eigenvalue weighted by molar-refractivity contribution is 5.83. The van der Waals surface area contributed by atoms with Gasteiger partial charge in [-0.1, -0.05) is 19.1 Å². The van der Waals surface area contributed by atoms with Crippen LogP contribution in [0.3, 0.4) is 0 Å². The molecular weight excluding hydrogens is 236 g/mol. The highest BCUT2D eigenvalue weighted by Crippen LogP contribution is 2.30. The van der Waals surface area contributed by atoms with Crippen molar-refractivity contribution in [2.45, 2.75) is 25.7 Å². The summed E-state index contributed by atoms with van der Waals surface area (Å²) in [7, 11) is 1.43. The van der Waals surface area contributed by atoms with Crippen LogP contribution in [0.2, 0.25) is 0 Å². The number of ether oxygens (including phenoxy) is 1. The molecule has 5 nitrogen and oxygen atoms in total. The molecule has 98 valence electrons. The van der Waals surface area contributed by atoms with E-state index in [-0.39, 0.29) is 0 Å². The third kappa shape index (κ3) is 3.23. The lowest BCUT2D eigenvalue weighted by molar-refractivity contribution is -0.145. The van der Waals surface area contributed by atoms with Crippen LogP contribution in [-0.2, 0) is 16.0 Å². The molecule has 0 heterocycles. The lowest BCUT2D eigenvalue weighted by Gasteiger charge is -2.15. The van der Waals surface area contributed by atoms with Gasteiger partial charge in [-0.2, -0.15) is 0 Å². The molecule has 0 aromatic heterocycles. The minimum absolute atomic E-state index is 0.404. The van der Waals surface area contributed by atoms with Gasteiger partial charge in [0.05, 0.1) is 19.4 Å². The standard InChI is InChI=1S/C13H16O5/c1-3-8-4-5-11(18-2)9(6-8)10(13(16)17)7-12(14)15/h4-6,10H,3,7H2,1-2H3,(H,14,15)(H,16,17). The maximum absolute atomic E-state index is 11.2. The van der Waals surface area contributed by atoms with E-state index in [0.717, 1.165) is 12.0 Å². The molecule has 0 amide bonds. The van der Waals surface area contributed by atoms with E-state index in [1.807, 2.05) is 13.0 Å². The van der Waals surface area contributed by atoms with Gasteiger partial charge >= 0.3 is 11.9 Å². The van der Waals surface area contributed by atoms with Crippen LogP contribution in [0.4, 0.5) is 0 Å². The van der Waals surface area contributed by atoms with Crippen molar-refractivity contribution >= 4 is 11.9 Å². The Labute approximate surface area is 105 Å². The highest BCUT2D eigenvalue weighted by atomic mass is 16.5. The van der Waals surface area contributed by atoms with Crippen molar-refractivity contribution in [3.63, 3.8) is 0 Å². The number of hydrogen-bond acceptors (Lipinski definition) is 3. The molecule has 0 bridgehead atoms. The van der Waals surface area contributed by atoms with Gasteiger partial charge in [0, 0.05) is 5.56 Å². The number of carboxylic acids is 2. The van der Waals surface area contributed by atoms with Crippen LogP contribution in [0.1, 0.15) is 30.4 Å². The third-order valence-corrected chi connectivity index (χ3v) is 2.75. The summed E-state index contributed by atoms with van der Waals surface area (Å²) in [6.07, 6.45) is 0.287. The van der Waals surface area contributed by atoms with Crippen molar-refractivity contribution in [3.8, 4) is 5.75 Å². The molecule has 0 aliphatic heterocycles. The SMILES string of the molecule is CCc1ccc(OC)c(C(CC(=O)O)C(=O)O)c1. The molecule has 0 aliphatic carbocycles. The summed E-state index contributed by atoms with van der Waals surface area (Å²) in [6, 6.07) is 5.20. The van der Waals surface area contributed by atoms with E-state index < -0.39 is 24.3 Å². The first-order chi connectivity index (χ1) is 8.49. The van der Waals surface area contributed by atoms with Gasteiger partial charge in [-0.25, -0.2) is 0 Å². The minimum Gasteiger partial charge on any atom is -0.496 e. The van der Waals surface area contributed by atoms with Gasteiger partial charge in [0.2, 0.25) is 0 Å². The van der Waals surface area contributed by atoms with Crippen molar-refractivity contribution in [2.24, 2.45) is 0 Å². The molecule has 1 aromatic carbocycles.